The second kappa shape index (κ2) is 6.46. The molecule has 0 spiro atoms. The lowest BCUT2D eigenvalue weighted by atomic mass is 10.2. The van der Waals surface area contributed by atoms with E-state index >= 15 is 0 Å². The maximum absolute atomic E-state index is 4.22. The molecule has 3 rings (SSSR count). The number of hydrogen-bond acceptors (Lipinski definition) is 3. The minimum absolute atomic E-state index is 0.769. The van der Waals surface area contributed by atoms with Crippen LogP contribution in [0.5, 0.6) is 0 Å². The molecule has 2 aromatic rings. The molecule has 20 heavy (non-hydrogen) atoms. The van der Waals surface area contributed by atoms with Crippen molar-refractivity contribution in [3.05, 3.63) is 48.0 Å². The summed E-state index contributed by atoms with van der Waals surface area (Å²) in [6.07, 6.45) is 6.56. The predicted molar refractivity (Wildman–Crippen MR) is 83.8 cm³/mol. The van der Waals surface area contributed by atoms with Crippen LogP contribution in [0.15, 0.2) is 41.7 Å². The van der Waals surface area contributed by atoms with E-state index in [1.54, 1.807) is 0 Å². The number of rotatable bonds is 7. The fourth-order valence-corrected chi connectivity index (χ4v) is 3.17. The average molecular weight is 287 g/mol. The minimum atomic E-state index is 0.769. The summed E-state index contributed by atoms with van der Waals surface area (Å²) in [6, 6.07) is 9.62. The van der Waals surface area contributed by atoms with E-state index in [1.807, 2.05) is 24.3 Å². The molecule has 0 saturated heterocycles. The van der Waals surface area contributed by atoms with Crippen molar-refractivity contribution in [3.63, 3.8) is 0 Å². The van der Waals surface area contributed by atoms with Gasteiger partial charge in [-0.05, 0) is 37.5 Å². The van der Waals surface area contributed by atoms with Gasteiger partial charge in [0.1, 0.15) is 0 Å². The first-order chi connectivity index (χ1) is 9.85. The van der Waals surface area contributed by atoms with Crippen molar-refractivity contribution in [1.29, 1.82) is 0 Å². The standard InChI is InChI=1S/C16H21N3S/c1-2-19-12-17-10-15(19)11-20-16-5-3-4-13(8-16)9-18-14-6-7-14/h3-5,8,10,12,14,18H,2,6-7,9,11H2,1H3. The van der Waals surface area contributed by atoms with Crippen molar-refractivity contribution >= 4 is 11.8 Å². The van der Waals surface area contributed by atoms with Crippen molar-refractivity contribution < 1.29 is 0 Å². The molecular formula is C16H21N3S. The first-order valence-electron chi connectivity index (χ1n) is 7.29. The van der Waals surface area contributed by atoms with Crippen LogP contribution < -0.4 is 5.32 Å². The highest BCUT2D eigenvalue weighted by Gasteiger charge is 2.19. The molecule has 3 nitrogen and oxygen atoms in total. The van der Waals surface area contributed by atoms with Crippen molar-refractivity contribution in [1.82, 2.24) is 14.9 Å². The molecule has 1 N–H and O–H groups in total. The minimum Gasteiger partial charge on any atom is -0.334 e. The van der Waals surface area contributed by atoms with Crippen LogP contribution >= 0.6 is 11.8 Å². The Kier molecular flexibility index (Phi) is 4.43. The molecule has 1 heterocycles. The number of nitrogens with zero attached hydrogens (tertiary/aromatic N) is 2. The van der Waals surface area contributed by atoms with E-state index in [1.165, 1.54) is 29.0 Å². The quantitative estimate of drug-likeness (QED) is 0.791. The van der Waals surface area contributed by atoms with E-state index in [0.29, 0.717) is 0 Å². The molecular weight excluding hydrogens is 266 g/mol. The fourth-order valence-electron chi connectivity index (χ4n) is 2.21. The van der Waals surface area contributed by atoms with E-state index in [9.17, 15) is 0 Å². The van der Waals surface area contributed by atoms with Crippen molar-refractivity contribution in [2.45, 2.75) is 49.5 Å². The Morgan fingerprint density at radius 2 is 2.30 bits per heavy atom. The van der Waals surface area contributed by atoms with E-state index in [-0.39, 0.29) is 0 Å². The van der Waals surface area contributed by atoms with Gasteiger partial charge in [0.2, 0.25) is 0 Å². The average Bonchev–Trinajstić information content (AvgIpc) is 3.20. The third kappa shape index (κ3) is 3.64. The molecule has 1 aliphatic rings. The molecule has 4 heteroatoms. The van der Waals surface area contributed by atoms with Gasteiger partial charge >= 0.3 is 0 Å². The Balaban J connectivity index is 1.57. The Morgan fingerprint density at radius 1 is 1.40 bits per heavy atom. The van der Waals surface area contributed by atoms with Gasteiger partial charge in [-0.15, -0.1) is 11.8 Å². The highest BCUT2D eigenvalue weighted by atomic mass is 32.2. The number of thioether (sulfide) groups is 1. The predicted octanol–water partition coefficient (Wildman–Crippen LogP) is 3.45. The SMILES string of the molecule is CCn1cncc1CSc1cccc(CNC2CC2)c1. The molecule has 0 atom stereocenters. The first kappa shape index (κ1) is 13.7. The monoisotopic (exact) mass is 287 g/mol. The van der Waals surface area contributed by atoms with Crippen LogP contribution in [-0.4, -0.2) is 15.6 Å². The molecule has 106 valence electrons. The normalized spacial score (nSPS) is 14.7. The van der Waals surface area contributed by atoms with Gasteiger partial charge in [0.25, 0.3) is 0 Å². The van der Waals surface area contributed by atoms with E-state index in [2.05, 4.69) is 46.1 Å². The third-order valence-electron chi connectivity index (χ3n) is 3.60. The highest BCUT2D eigenvalue weighted by Crippen LogP contribution is 2.24. The molecule has 0 radical (unpaired) electrons. The van der Waals surface area contributed by atoms with Gasteiger partial charge in [-0.3, -0.25) is 0 Å². The Bertz CT molecular complexity index is 560. The number of aromatic nitrogens is 2. The van der Waals surface area contributed by atoms with Crippen molar-refractivity contribution in [3.8, 4) is 0 Å². The topological polar surface area (TPSA) is 29.9 Å². The number of imidazole rings is 1. The molecule has 0 amide bonds. The van der Waals surface area contributed by atoms with Crippen LogP contribution in [0.3, 0.4) is 0 Å². The molecule has 1 aromatic heterocycles. The maximum Gasteiger partial charge on any atom is 0.0948 e. The summed E-state index contributed by atoms with van der Waals surface area (Å²) in [4.78, 5) is 5.56. The van der Waals surface area contributed by atoms with E-state index < -0.39 is 0 Å². The summed E-state index contributed by atoms with van der Waals surface area (Å²) in [5.74, 6) is 0.980. The van der Waals surface area contributed by atoms with Gasteiger partial charge in [-0.25, -0.2) is 4.98 Å². The lowest BCUT2D eigenvalue weighted by molar-refractivity contribution is 0.687. The number of benzene rings is 1. The molecule has 1 saturated carbocycles. The second-order valence-corrected chi connectivity index (χ2v) is 6.31. The van der Waals surface area contributed by atoms with Crippen molar-refractivity contribution in [2.24, 2.45) is 0 Å². The Morgan fingerprint density at radius 3 is 3.10 bits per heavy atom. The molecule has 1 aromatic carbocycles. The molecule has 0 bridgehead atoms. The van der Waals surface area contributed by atoms with Gasteiger partial charge in [0.05, 0.1) is 6.33 Å². The van der Waals surface area contributed by atoms with Crippen LogP contribution in [0.1, 0.15) is 31.0 Å². The highest BCUT2D eigenvalue weighted by molar-refractivity contribution is 7.98. The molecule has 0 aliphatic heterocycles. The third-order valence-corrected chi connectivity index (χ3v) is 4.62. The van der Waals surface area contributed by atoms with Crippen LogP contribution in [0, 0.1) is 0 Å². The second-order valence-electron chi connectivity index (χ2n) is 5.26. The van der Waals surface area contributed by atoms with E-state index in [0.717, 1.165) is 24.9 Å². The summed E-state index contributed by atoms with van der Waals surface area (Å²) in [5, 5.41) is 3.56. The Labute approximate surface area is 124 Å². The van der Waals surface area contributed by atoms with Gasteiger partial charge in [0.15, 0.2) is 0 Å². The van der Waals surface area contributed by atoms with Gasteiger partial charge in [-0.1, -0.05) is 12.1 Å². The lowest BCUT2D eigenvalue weighted by Gasteiger charge is -2.07. The lowest BCUT2D eigenvalue weighted by Crippen LogP contribution is -2.15. The summed E-state index contributed by atoms with van der Waals surface area (Å²) >= 11 is 1.88. The van der Waals surface area contributed by atoms with Gasteiger partial charge in [-0.2, -0.15) is 0 Å². The summed E-state index contributed by atoms with van der Waals surface area (Å²) in [7, 11) is 0. The summed E-state index contributed by atoms with van der Waals surface area (Å²) in [6.45, 7) is 4.13. The van der Waals surface area contributed by atoms with Crippen LogP contribution in [0.4, 0.5) is 0 Å². The van der Waals surface area contributed by atoms with Crippen LogP contribution in [0.25, 0.3) is 0 Å². The zero-order chi connectivity index (χ0) is 13.8. The van der Waals surface area contributed by atoms with Crippen LogP contribution in [0.2, 0.25) is 0 Å². The number of aryl methyl sites for hydroxylation is 1. The zero-order valence-electron chi connectivity index (χ0n) is 11.9. The smallest absolute Gasteiger partial charge is 0.0948 e. The maximum atomic E-state index is 4.22. The molecule has 0 unspecified atom stereocenters. The molecule has 1 aliphatic carbocycles. The Hall–Kier alpha value is -1.26. The largest absolute Gasteiger partial charge is 0.334 e. The molecule has 1 fully saturated rings. The van der Waals surface area contributed by atoms with E-state index in [4.69, 9.17) is 0 Å². The number of hydrogen-bond donors (Lipinski definition) is 1. The van der Waals surface area contributed by atoms with Gasteiger partial charge < -0.3 is 9.88 Å². The summed E-state index contributed by atoms with van der Waals surface area (Å²) in [5.41, 5.74) is 2.67. The first-order valence-corrected chi connectivity index (χ1v) is 8.28. The van der Waals surface area contributed by atoms with Crippen molar-refractivity contribution in [2.75, 3.05) is 0 Å². The number of nitrogens with one attached hydrogen (secondary N) is 1. The zero-order valence-corrected chi connectivity index (χ0v) is 12.7. The van der Waals surface area contributed by atoms with Gasteiger partial charge in [0, 0.05) is 41.7 Å². The van der Waals surface area contributed by atoms with Crippen LogP contribution in [-0.2, 0) is 18.8 Å². The fraction of sp³-hybridized carbons (Fsp3) is 0.438. The summed E-state index contributed by atoms with van der Waals surface area (Å²) < 4.78 is 2.20.